The monoisotopic (exact) mass is 367 g/mol. The molecule has 2 aromatic rings. The van der Waals surface area contributed by atoms with Gasteiger partial charge in [-0.15, -0.1) is 0 Å². The lowest BCUT2D eigenvalue weighted by Gasteiger charge is -2.36. The highest BCUT2D eigenvalue weighted by molar-refractivity contribution is 5.89. The Bertz CT molecular complexity index is 797. The first-order valence-corrected chi connectivity index (χ1v) is 9.08. The molecule has 2 aromatic carbocycles. The summed E-state index contributed by atoms with van der Waals surface area (Å²) >= 11 is 0. The van der Waals surface area contributed by atoms with Crippen molar-refractivity contribution in [2.24, 2.45) is 0 Å². The Labute approximate surface area is 159 Å². The minimum Gasteiger partial charge on any atom is -0.465 e. The van der Waals surface area contributed by atoms with Gasteiger partial charge in [0.1, 0.15) is 0 Å². The van der Waals surface area contributed by atoms with Gasteiger partial charge in [-0.3, -0.25) is 4.79 Å². The van der Waals surface area contributed by atoms with E-state index in [0.29, 0.717) is 5.56 Å². The van der Waals surface area contributed by atoms with Crippen LogP contribution in [0, 0.1) is 6.92 Å². The predicted molar refractivity (Wildman–Crippen MR) is 106 cm³/mol. The lowest BCUT2D eigenvalue weighted by atomic mass is 10.2. The number of amides is 1. The molecule has 1 heterocycles. The van der Waals surface area contributed by atoms with Crippen LogP contribution in [0.25, 0.3) is 0 Å². The summed E-state index contributed by atoms with van der Waals surface area (Å²) in [6.45, 7) is 5.44. The zero-order chi connectivity index (χ0) is 19.2. The number of carbonyl (C=O) groups excluding carboxylic acids is 2. The van der Waals surface area contributed by atoms with E-state index in [1.54, 1.807) is 24.3 Å². The average molecular weight is 367 g/mol. The van der Waals surface area contributed by atoms with E-state index in [9.17, 15) is 9.59 Å². The molecule has 1 fully saturated rings. The van der Waals surface area contributed by atoms with E-state index in [-0.39, 0.29) is 18.4 Å². The number of ether oxygens (including phenoxy) is 1. The number of nitrogens with one attached hydrogen (secondary N) is 1. The topological polar surface area (TPSA) is 61.9 Å². The Hall–Kier alpha value is -3.02. The van der Waals surface area contributed by atoms with E-state index in [1.807, 2.05) is 4.90 Å². The van der Waals surface area contributed by atoms with Crippen molar-refractivity contribution in [1.29, 1.82) is 0 Å². The van der Waals surface area contributed by atoms with Crippen LogP contribution in [0.2, 0.25) is 0 Å². The van der Waals surface area contributed by atoms with Gasteiger partial charge in [0, 0.05) is 37.6 Å². The van der Waals surface area contributed by atoms with Crippen LogP contribution in [0.5, 0.6) is 0 Å². The zero-order valence-electron chi connectivity index (χ0n) is 15.8. The van der Waals surface area contributed by atoms with Gasteiger partial charge in [-0.1, -0.05) is 12.1 Å². The number of rotatable bonds is 5. The lowest BCUT2D eigenvalue weighted by molar-refractivity contribution is -0.129. The number of piperazine rings is 1. The maximum absolute atomic E-state index is 12.5. The first kappa shape index (κ1) is 18.8. The minimum absolute atomic E-state index is 0.0796. The Balaban J connectivity index is 1.47. The second-order valence-electron chi connectivity index (χ2n) is 6.63. The van der Waals surface area contributed by atoms with Crippen molar-refractivity contribution in [2.45, 2.75) is 6.92 Å². The smallest absolute Gasteiger partial charge is 0.337 e. The third-order valence-corrected chi connectivity index (χ3v) is 4.75. The number of esters is 1. The van der Waals surface area contributed by atoms with Crippen LogP contribution < -0.4 is 10.2 Å². The van der Waals surface area contributed by atoms with Crippen LogP contribution in [-0.4, -0.2) is 56.6 Å². The second kappa shape index (κ2) is 8.58. The van der Waals surface area contributed by atoms with Crippen LogP contribution in [0.1, 0.15) is 15.9 Å². The molecule has 0 spiro atoms. The molecule has 1 aliphatic heterocycles. The van der Waals surface area contributed by atoms with Gasteiger partial charge in [0.25, 0.3) is 0 Å². The Morgan fingerprint density at radius 2 is 1.74 bits per heavy atom. The fourth-order valence-electron chi connectivity index (χ4n) is 3.17. The lowest BCUT2D eigenvalue weighted by Crippen LogP contribution is -2.50. The molecule has 0 atom stereocenters. The summed E-state index contributed by atoms with van der Waals surface area (Å²) < 4.78 is 4.68. The molecule has 1 saturated heterocycles. The van der Waals surface area contributed by atoms with Crippen LogP contribution in [0.4, 0.5) is 11.4 Å². The molecule has 0 unspecified atom stereocenters. The van der Waals surface area contributed by atoms with Gasteiger partial charge < -0.3 is 19.9 Å². The summed E-state index contributed by atoms with van der Waals surface area (Å²) in [5.41, 5.74) is 3.75. The van der Waals surface area contributed by atoms with Crippen LogP contribution in [-0.2, 0) is 9.53 Å². The molecule has 0 saturated carbocycles. The number of anilines is 2. The van der Waals surface area contributed by atoms with Crippen molar-refractivity contribution < 1.29 is 14.3 Å². The molecule has 1 amide bonds. The van der Waals surface area contributed by atoms with E-state index < -0.39 is 0 Å². The Kier molecular flexibility index (Phi) is 5.96. The van der Waals surface area contributed by atoms with E-state index in [0.717, 1.165) is 31.9 Å². The quantitative estimate of drug-likeness (QED) is 0.823. The molecular weight excluding hydrogens is 342 g/mol. The fraction of sp³-hybridized carbons (Fsp3) is 0.333. The van der Waals surface area contributed by atoms with Crippen molar-refractivity contribution >= 4 is 23.3 Å². The maximum atomic E-state index is 12.5. The van der Waals surface area contributed by atoms with Gasteiger partial charge in [-0.25, -0.2) is 4.79 Å². The van der Waals surface area contributed by atoms with E-state index in [2.05, 4.69) is 46.1 Å². The number of nitrogens with zero attached hydrogens (tertiary/aromatic N) is 2. The predicted octanol–water partition coefficient (Wildman–Crippen LogP) is 2.54. The highest BCUT2D eigenvalue weighted by Gasteiger charge is 2.21. The van der Waals surface area contributed by atoms with Gasteiger partial charge in [0.05, 0.1) is 19.2 Å². The number of methoxy groups -OCH3 is 1. The minimum atomic E-state index is -0.371. The van der Waals surface area contributed by atoms with Gasteiger partial charge in [0.15, 0.2) is 0 Å². The Morgan fingerprint density at radius 1 is 1.04 bits per heavy atom. The molecule has 0 bridgehead atoms. The van der Waals surface area contributed by atoms with Crippen molar-refractivity contribution in [1.82, 2.24) is 4.90 Å². The first-order chi connectivity index (χ1) is 13.1. The number of hydrogen-bond acceptors (Lipinski definition) is 5. The summed E-state index contributed by atoms with van der Waals surface area (Å²) in [5.74, 6) is -0.292. The maximum Gasteiger partial charge on any atom is 0.337 e. The van der Waals surface area contributed by atoms with Crippen LogP contribution in [0.15, 0.2) is 48.5 Å². The van der Waals surface area contributed by atoms with E-state index in [4.69, 9.17) is 0 Å². The summed E-state index contributed by atoms with van der Waals surface area (Å²) in [5, 5.41) is 3.12. The number of benzene rings is 2. The fourth-order valence-corrected chi connectivity index (χ4v) is 3.17. The highest BCUT2D eigenvalue weighted by Crippen LogP contribution is 2.18. The highest BCUT2D eigenvalue weighted by atomic mass is 16.5. The molecule has 0 aromatic heterocycles. The van der Waals surface area contributed by atoms with Crippen molar-refractivity contribution in [3.63, 3.8) is 0 Å². The van der Waals surface area contributed by atoms with Crippen LogP contribution >= 0.6 is 0 Å². The number of hydrogen-bond donors (Lipinski definition) is 1. The summed E-state index contributed by atoms with van der Waals surface area (Å²) in [4.78, 5) is 28.1. The molecule has 27 heavy (non-hydrogen) atoms. The van der Waals surface area contributed by atoms with Crippen molar-refractivity contribution in [3.8, 4) is 0 Å². The third-order valence-electron chi connectivity index (χ3n) is 4.75. The van der Waals surface area contributed by atoms with Crippen LogP contribution in [0.3, 0.4) is 0 Å². The molecule has 0 radical (unpaired) electrons. The molecule has 3 rings (SSSR count). The largest absolute Gasteiger partial charge is 0.465 e. The summed E-state index contributed by atoms with van der Waals surface area (Å²) in [6.07, 6.45) is 0. The van der Waals surface area contributed by atoms with Crippen molar-refractivity contribution in [3.05, 3.63) is 59.7 Å². The molecule has 142 valence electrons. The summed E-state index contributed by atoms with van der Waals surface area (Å²) in [6, 6.07) is 15.4. The SMILES string of the molecule is COC(=O)c1ccc(NCC(=O)N2CCN(c3cccc(C)c3)CC2)cc1. The average Bonchev–Trinajstić information content (AvgIpc) is 2.72. The third kappa shape index (κ3) is 4.78. The Morgan fingerprint density at radius 3 is 2.37 bits per heavy atom. The normalized spacial score (nSPS) is 14.0. The van der Waals surface area contributed by atoms with Gasteiger partial charge in [0.2, 0.25) is 5.91 Å². The molecule has 1 N–H and O–H groups in total. The van der Waals surface area contributed by atoms with Crippen molar-refractivity contribution in [2.75, 3.05) is 50.1 Å². The second-order valence-corrected chi connectivity index (χ2v) is 6.63. The molecular formula is C21H25N3O3. The van der Waals surface area contributed by atoms with Gasteiger partial charge in [-0.2, -0.15) is 0 Å². The van der Waals surface area contributed by atoms with E-state index in [1.165, 1.54) is 18.4 Å². The molecule has 0 aliphatic carbocycles. The van der Waals surface area contributed by atoms with Gasteiger partial charge >= 0.3 is 5.97 Å². The summed E-state index contributed by atoms with van der Waals surface area (Å²) in [7, 11) is 1.35. The van der Waals surface area contributed by atoms with E-state index >= 15 is 0 Å². The van der Waals surface area contributed by atoms with Gasteiger partial charge in [-0.05, 0) is 48.9 Å². The number of carbonyl (C=O) groups is 2. The number of aryl methyl sites for hydroxylation is 1. The molecule has 1 aliphatic rings. The molecule has 6 heteroatoms. The first-order valence-electron chi connectivity index (χ1n) is 9.08. The zero-order valence-corrected chi connectivity index (χ0v) is 15.8. The standard InChI is InChI=1S/C21H25N3O3/c1-16-4-3-5-19(14-16)23-10-12-24(13-11-23)20(25)15-22-18-8-6-17(7-9-18)21(26)27-2/h3-9,14,22H,10-13,15H2,1-2H3. The molecule has 6 nitrogen and oxygen atoms in total.